The zero-order valence-corrected chi connectivity index (χ0v) is 24.5. The molecule has 2 unspecified atom stereocenters. The lowest BCUT2D eigenvalue weighted by Crippen LogP contribution is -2.47. The Labute approximate surface area is 251 Å². The third-order valence-corrected chi connectivity index (χ3v) is 9.12. The molecule has 2 aliphatic heterocycles. The molecule has 1 aromatic heterocycles. The highest BCUT2D eigenvalue weighted by molar-refractivity contribution is 6.30. The van der Waals surface area contributed by atoms with Gasteiger partial charge in [-0.15, -0.1) is 0 Å². The molecule has 8 nitrogen and oxygen atoms in total. The van der Waals surface area contributed by atoms with E-state index in [1.165, 1.54) is 19.3 Å². The second kappa shape index (κ2) is 12.6. The van der Waals surface area contributed by atoms with Crippen LogP contribution in [0.25, 0.3) is 0 Å². The maximum atomic E-state index is 13.4. The fourth-order valence-corrected chi connectivity index (χ4v) is 6.96. The number of anilines is 3. The number of rotatable bonds is 5. The van der Waals surface area contributed by atoms with Crippen molar-refractivity contribution in [1.29, 1.82) is 0 Å². The summed E-state index contributed by atoms with van der Waals surface area (Å²) in [5.41, 5.74) is 3.70. The number of nitrogens with one attached hydrogen (secondary N) is 3. The van der Waals surface area contributed by atoms with Gasteiger partial charge in [0.05, 0.1) is 11.4 Å². The normalized spacial score (nSPS) is 20.5. The molecule has 0 radical (unpaired) electrons. The summed E-state index contributed by atoms with van der Waals surface area (Å²) in [6.45, 7) is 2.17. The van der Waals surface area contributed by atoms with Crippen LogP contribution in [-0.4, -0.2) is 35.6 Å². The number of hydrogen-bond donors (Lipinski definition) is 3. The molecule has 1 aliphatic carbocycles. The Kier molecular flexibility index (Phi) is 8.51. The Bertz CT molecular complexity index is 1500. The summed E-state index contributed by atoms with van der Waals surface area (Å²) in [6, 6.07) is 17.8. The second-order valence-corrected chi connectivity index (χ2v) is 12.4. The summed E-state index contributed by atoms with van der Waals surface area (Å²) in [4.78, 5) is 41.4. The number of hydrogen-bond acceptors (Lipinski definition) is 4. The molecule has 2 fully saturated rings. The molecule has 1 saturated carbocycles. The zero-order chi connectivity index (χ0) is 29.1. The van der Waals surface area contributed by atoms with E-state index in [9.17, 15) is 14.4 Å². The van der Waals surface area contributed by atoms with Crippen LogP contribution in [0, 0.1) is 5.92 Å². The molecule has 6 rings (SSSR count). The number of pyridine rings is 1. The molecule has 220 valence electrons. The molecule has 1 saturated heterocycles. The number of amides is 3. The molecule has 0 spiro atoms. The number of aromatic nitrogens is 1. The Morgan fingerprint density at radius 2 is 1.60 bits per heavy atom. The standard InChI is InChI=1S/C33H38ClN5O3/c34-25-12-14-27(15-13-25)36-33(42)37-28-18-23(32(41)35-26-7-4-2-1-3-5-8-26)11-16-30(28)38-19-22-17-24(21-38)29-9-6-10-31(40)39(29)20-22/h6,9-16,18,22,24,26H,1-5,7-8,17,19-21H2,(H,35,41)(H2,36,37,42). The van der Waals surface area contributed by atoms with E-state index in [4.69, 9.17) is 11.6 Å². The van der Waals surface area contributed by atoms with Crippen molar-refractivity contribution >= 4 is 40.6 Å². The van der Waals surface area contributed by atoms with Gasteiger partial charge in [0.25, 0.3) is 11.5 Å². The number of nitrogens with zero attached hydrogens (tertiary/aromatic N) is 2. The smallest absolute Gasteiger partial charge is 0.323 e. The maximum absolute atomic E-state index is 13.4. The number of benzene rings is 2. The van der Waals surface area contributed by atoms with Crippen LogP contribution in [0.5, 0.6) is 0 Å². The van der Waals surface area contributed by atoms with Gasteiger partial charge in [0, 0.05) is 59.6 Å². The fraction of sp³-hybridized carbons (Fsp3) is 0.424. The van der Waals surface area contributed by atoms with Gasteiger partial charge in [-0.25, -0.2) is 4.79 Å². The molecule has 42 heavy (non-hydrogen) atoms. The van der Waals surface area contributed by atoms with Crippen LogP contribution in [0.1, 0.15) is 73.3 Å². The monoisotopic (exact) mass is 587 g/mol. The third-order valence-electron chi connectivity index (χ3n) is 8.87. The third kappa shape index (κ3) is 6.49. The minimum Gasteiger partial charge on any atom is -0.369 e. The average Bonchev–Trinajstić information content (AvgIpc) is 2.96. The van der Waals surface area contributed by atoms with Crippen LogP contribution in [0.4, 0.5) is 21.9 Å². The van der Waals surface area contributed by atoms with Crippen molar-refractivity contribution in [3.05, 3.63) is 87.3 Å². The van der Waals surface area contributed by atoms with Crippen molar-refractivity contribution in [3.63, 3.8) is 0 Å². The number of urea groups is 1. The van der Waals surface area contributed by atoms with Gasteiger partial charge in [-0.2, -0.15) is 0 Å². The molecule has 2 aromatic carbocycles. The van der Waals surface area contributed by atoms with Crippen LogP contribution in [0.2, 0.25) is 5.02 Å². The minimum atomic E-state index is -0.398. The Morgan fingerprint density at radius 1 is 0.833 bits per heavy atom. The zero-order valence-electron chi connectivity index (χ0n) is 23.8. The first kappa shape index (κ1) is 28.3. The first-order valence-electron chi connectivity index (χ1n) is 15.2. The van der Waals surface area contributed by atoms with Gasteiger partial charge >= 0.3 is 6.03 Å². The van der Waals surface area contributed by atoms with Crippen molar-refractivity contribution in [2.24, 2.45) is 5.92 Å². The van der Waals surface area contributed by atoms with E-state index in [1.54, 1.807) is 36.4 Å². The number of piperidine rings is 1. The SMILES string of the molecule is O=C(Nc1ccc(Cl)cc1)Nc1cc(C(=O)NC2CCCCCCC2)ccc1N1CC2CC(C1)c1cccc(=O)n1C2. The minimum absolute atomic E-state index is 0.0523. The number of carbonyl (C=O) groups excluding carboxylic acids is 2. The van der Waals surface area contributed by atoms with E-state index in [1.807, 2.05) is 28.8 Å². The van der Waals surface area contributed by atoms with Gasteiger partial charge in [-0.05, 0) is 73.7 Å². The molecular formula is C33H38ClN5O3. The summed E-state index contributed by atoms with van der Waals surface area (Å²) >= 11 is 6.01. The molecule has 3 amide bonds. The van der Waals surface area contributed by atoms with Crippen molar-refractivity contribution in [1.82, 2.24) is 9.88 Å². The van der Waals surface area contributed by atoms with E-state index in [0.717, 1.165) is 56.6 Å². The van der Waals surface area contributed by atoms with E-state index in [0.29, 0.717) is 34.4 Å². The Hall–Kier alpha value is -3.78. The predicted octanol–water partition coefficient (Wildman–Crippen LogP) is 6.61. The molecule has 2 bridgehead atoms. The lowest BCUT2D eigenvalue weighted by molar-refractivity contribution is 0.0930. The number of halogens is 1. The lowest BCUT2D eigenvalue weighted by atomic mass is 9.83. The highest BCUT2D eigenvalue weighted by atomic mass is 35.5. The van der Waals surface area contributed by atoms with Crippen molar-refractivity contribution < 1.29 is 9.59 Å². The molecule has 9 heteroatoms. The van der Waals surface area contributed by atoms with Gasteiger partial charge < -0.3 is 25.4 Å². The first-order valence-corrected chi connectivity index (χ1v) is 15.5. The average molecular weight is 588 g/mol. The van der Waals surface area contributed by atoms with Gasteiger partial charge in [-0.3, -0.25) is 9.59 Å². The number of carbonyl (C=O) groups is 2. The van der Waals surface area contributed by atoms with E-state index < -0.39 is 6.03 Å². The van der Waals surface area contributed by atoms with Crippen LogP contribution in [0.15, 0.2) is 65.5 Å². The van der Waals surface area contributed by atoms with E-state index >= 15 is 0 Å². The highest BCUT2D eigenvalue weighted by Crippen LogP contribution is 2.39. The van der Waals surface area contributed by atoms with E-state index in [-0.39, 0.29) is 23.4 Å². The number of fused-ring (bicyclic) bond motifs is 4. The molecule has 3 aliphatic rings. The molecule has 3 aromatic rings. The summed E-state index contributed by atoms with van der Waals surface area (Å²) < 4.78 is 1.91. The lowest BCUT2D eigenvalue weighted by Gasteiger charge is -2.44. The summed E-state index contributed by atoms with van der Waals surface area (Å²) in [7, 11) is 0. The largest absolute Gasteiger partial charge is 0.369 e. The molecule has 3 heterocycles. The topological polar surface area (TPSA) is 95.5 Å². The molecule has 2 atom stereocenters. The van der Waals surface area contributed by atoms with Gasteiger partial charge in [0.1, 0.15) is 0 Å². The van der Waals surface area contributed by atoms with E-state index in [2.05, 4.69) is 20.9 Å². The van der Waals surface area contributed by atoms with Gasteiger partial charge in [-0.1, -0.05) is 49.8 Å². The molecule has 3 N–H and O–H groups in total. The van der Waals surface area contributed by atoms with Gasteiger partial charge in [0.2, 0.25) is 0 Å². The van der Waals surface area contributed by atoms with Gasteiger partial charge in [0.15, 0.2) is 0 Å². The quantitative estimate of drug-likeness (QED) is 0.313. The molecular weight excluding hydrogens is 550 g/mol. The van der Waals surface area contributed by atoms with Crippen molar-refractivity contribution in [2.45, 2.75) is 69.9 Å². The Morgan fingerprint density at radius 3 is 2.38 bits per heavy atom. The summed E-state index contributed by atoms with van der Waals surface area (Å²) in [5, 5.41) is 9.73. The highest BCUT2D eigenvalue weighted by Gasteiger charge is 2.35. The second-order valence-electron chi connectivity index (χ2n) is 11.9. The summed E-state index contributed by atoms with van der Waals surface area (Å²) in [6.07, 6.45) is 9.00. The van der Waals surface area contributed by atoms with Crippen molar-refractivity contribution in [2.75, 3.05) is 28.6 Å². The van der Waals surface area contributed by atoms with Crippen LogP contribution >= 0.6 is 11.6 Å². The Balaban J connectivity index is 1.26. The van der Waals surface area contributed by atoms with Crippen LogP contribution in [0.3, 0.4) is 0 Å². The van der Waals surface area contributed by atoms with Crippen LogP contribution in [-0.2, 0) is 6.54 Å². The van der Waals surface area contributed by atoms with Crippen molar-refractivity contribution in [3.8, 4) is 0 Å². The maximum Gasteiger partial charge on any atom is 0.323 e. The first-order chi connectivity index (χ1) is 20.4. The fourth-order valence-electron chi connectivity index (χ4n) is 6.83. The summed E-state index contributed by atoms with van der Waals surface area (Å²) in [5.74, 6) is 0.413. The predicted molar refractivity (Wildman–Crippen MR) is 168 cm³/mol. The van der Waals surface area contributed by atoms with Crippen LogP contribution < -0.4 is 26.4 Å².